The summed E-state index contributed by atoms with van der Waals surface area (Å²) < 4.78 is 0. The molecule has 0 aliphatic heterocycles. The molecule has 0 spiro atoms. The molecule has 0 aromatic rings. The van der Waals surface area contributed by atoms with Crippen molar-refractivity contribution in [2.45, 2.75) is 48.0 Å². The van der Waals surface area contributed by atoms with Crippen LogP contribution in [0.3, 0.4) is 0 Å². The summed E-state index contributed by atoms with van der Waals surface area (Å²) in [6.07, 6.45) is 1.32. The van der Waals surface area contributed by atoms with Gasteiger partial charge in [0.25, 0.3) is 0 Å². The maximum Gasteiger partial charge on any atom is 0.00325 e. The van der Waals surface area contributed by atoms with Crippen molar-refractivity contribution in [3.8, 4) is 0 Å². The molecule has 13 heavy (non-hydrogen) atoms. The summed E-state index contributed by atoms with van der Waals surface area (Å²) in [6, 6.07) is 0. The Labute approximate surface area is 84.5 Å². The van der Waals surface area contributed by atoms with Crippen LogP contribution in [0, 0.1) is 11.3 Å². The molecule has 0 amide bonds. The molecule has 0 saturated carbocycles. The van der Waals surface area contributed by atoms with Gasteiger partial charge in [-0.1, -0.05) is 41.5 Å². The molecule has 0 aromatic heterocycles. The SMILES string of the molecule is CCN(CC)CC(C)(C)CC(C)C. The zero-order valence-electron chi connectivity index (χ0n) is 10.4. The molecule has 0 radical (unpaired) electrons. The van der Waals surface area contributed by atoms with Crippen LogP contribution in [-0.2, 0) is 0 Å². The van der Waals surface area contributed by atoms with Crippen LogP contribution in [0.5, 0.6) is 0 Å². The summed E-state index contributed by atoms with van der Waals surface area (Å²) in [5.41, 5.74) is 0.472. The summed E-state index contributed by atoms with van der Waals surface area (Å²) >= 11 is 0. The van der Waals surface area contributed by atoms with Crippen molar-refractivity contribution < 1.29 is 0 Å². The molecular formula is C12H27N. The van der Waals surface area contributed by atoms with Gasteiger partial charge in [-0.2, -0.15) is 0 Å². The summed E-state index contributed by atoms with van der Waals surface area (Å²) in [6.45, 7) is 17.5. The van der Waals surface area contributed by atoms with E-state index in [4.69, 9.17) is 0 Å². The number of hydrogen-bond acceptors (Lipinski definition) is 1. The van der Waals surface area contributed by atoms with E-state index >= 15 is 0 Å². The van der Waals surface area contributed by atoms with Crippen LogP contribution in [0.25, 0.3) is 0 Å². The maximum atomic E-state index is 2.52. The number of rotatable bonds is 6. The predicted octanol–water partition coefficient (Wildman–Crippen LogP) is 3.40. The van der Waals surface area contributed by atoms with Gasteiger partial charge in [0.15, 0.2) is 0 Å². The van der Waals surface area contributed by atoms with E-state index in [2.05, 4.69) is 46.4 Å². The van der Waals surface area contributed by atoms with Crippen LogP contribution in [0.1, 0.15) is 48.0 Å². The van der Waals surface area contributed by atoms with Gasteiger partial charge in [0.1, 0.15) is 0 Å². The van der Waals surface area contributed by atoms with Crippen molar-refractivity contribution in [2.75, 3.05) is 19.6 Å². The first-order chi connectivity index (χ1) is 5.91. The molecule has 0 aliphatic carbocycles. The fourth-order valence-corrected chi connectivity index (χ4v) is 2.22. The normalized spacial score (nSPS) is 12.9. The van der Waals surface area contributed by atoms with Crippen molar-refractivity contribution in [3.05, 3.63) is 0 Å². The smallest absolute Gasteiger partial charge is 0.00325 e. The Balaban J connectivity index is 3.98. The third kappa shape index (κ3) is 6.09. The van der Waals surface area contributed by atoms with E-state index in [9.17, 15) is 0 Å². The first-order valence-corrected chi connectivity index (χ1v) is 5.63. The topological polar surface area (TPSA) is 3.24 Å². The van der Waals surface area contributed by atoms with E-state index in [1.54, 1.807) is 0 Å². The molecule has 1 heteroatoms. The van der Waals surface area contributed by atoms with Crippen LogP contribution in [0.15, 0.2) is 0 Å². The Morgan fingerprint density at radius 2 is 1.54 bits per heavy atom. The first-order valence-electron chi connectivity index (χ1n) is 5.63. The quantitative estimate of drug-likeness (QED) is 0.613. The highest BCUT2D eigenvalue weighted by atomic mass is 15.1. The Morgan fingerprint density at radius 3 is 1.85 bits per heavy atom. The van der Waals surface area contributed by atoms with E-state index in [0.29, 0.717) is 5.41 Å². The fourth-order valence-electron chi connectivity index (χ4n) is 2.22. The van der Waals surface area contributed by atoms with Crippen molar-refractivity contribution >= 4 is 0 Å². The Kier molecular flexibility index (Phi) is 5.62. The first kappa shape index (κ1) is 13.0. The molecule has 0 atom stereocenters. The molecule has 0 aromatic carbocycles. The third-order valence-corrected chi connectivity index (χ3v) is 2.51. The lowest BCUT2D eigenvalue weighted by molar-refractivity contribution is 0.166. The molecule has 0 rings (SSSR count). The van der Waals surface area contributed by atoms with Gasteiger partial charge < -0.3 is 4.90 Å². The van der Waals surface area contributed by atoms with Gasteiger partial charge >= 0.3 is 0 Å². The highest BCUT2D eigenvalue weighted by molar-refractivity contribution is 4.74. The van der Waals surface area contributed by atoms with Gasteiger partial charge in [0, 0.05) is 6.54 Å². The second-order valence-corrected chi connectivity index (χ2v) is 5.22. The van der Waals surface area contributed by atoms with Crippen molar-refractivity contribution in [3.63, 3.8) is 0 Å². The average molecular weight is 185 g/mol. The lowest BCUT2D eigenvalue weighted by Gasteiger charge is -2.32. The molecule has 0 N–H and O–H groups in total. The minimum atomic E-state index is 0.472. The molecule has 0 saturated heterocycles. The summed E-state index contributed by atoms with van der Waals surface area (Å²) in [4.78, 5) is 2.52. The van der Waals surface area contributed by atoms with Gasteiger partial charge in [-0.05, 0) is 30.8 Å². The summed E-state index contributed by atoms with van der Waals surface area (Å²) in [7, 11) is 0. The third-order valence-electron chi connectivity index (χ3n) is 2.51. The van der Waals surface area contributed by atoms with Crippen LogP contribution >= 0.6 is 0 Å². The largest absolute Gasteiger partial charge is 0.303 e. The Bertz CT molecular complexity index is 123. The van der Waals surface area contributed by atoms with Crippen LogP contribution in [0.2, 0.25) is 0 Å². The van der Waals surface area contributed by atoms with E-state index in [1.807, 2.05) is 0 Å². The van der Waals surface area contributed by atoms with Crippen molar-refractivity contribution in [1.29, 1.82) is 0 Å². The van der Waals surface area contributed by atoms with E-state index < -0.39 is 0 Å². The van der Waals surface area contributed by atoms with Gasteiger partial charge in [-0.3, -0.25) is 0 Å². The average Bonchev–Trinajstić information content (AvgIpc) is 1.97. The van der Waals surface area contributed by atoms with Gasteiger partial charge in [-0.25, -0.2) is 0 Å². The van der Waals surface area contributed by atoms with Crippen LogP contribution in [0.4, 0.5) is 0 Å². The highest BCUT2D eigenvalue weighted by Gasteiger charge is 2.21. The molecule has 80 valence electrons. The van der Waals surface area contributed by atoms with Gasteiger partial charge in [-0.15, -0.1) is 0 Å². The highest BCUT2D eigenvalue weighted by Crippen LogP contribution is 2.26. The number of nitrogens with zero attached hydrogens (tertiary/aromatic N) is 1. The molecule has 0 aliphatic rings. The molecular weight excluding hydrogens is 158 g/mol. The summed E-state index contributed by atoms with van der Waals surface area (Å²) in [5, 5.41) is 0. The fraction of sp³-hybridized carbons (Fsp3) is 1.00. The van der Waals surface area contributed by atoms with E-state index in [0.717, 1.165) is 5.92 Å². The minimum Gasteiger partial charge on any atom is -0.303 e. The van der Waals surface area contributed by atoms with Gasteiger partial charge in [0.2, 0.25) is 0 Å². The van der Waals surface area contributed by atoms with Crippen LogP contribution in [-0.4, -0.2) is 24.5 Å². The minimum absolute atomic E-state index is 0.472. The lowest BCUT2D eigenvalue weighted by atomic mass is 9.83. The molecule has 0 heterocycles. The standard InChI is InChI=1S/C12H27N/c1-7-13(8-2)10-12(5,6)9-11(3)4/h11H,7-10H2,1-6H3. The van der Waals surface area contributed by atoms with Crippen LogP contribution < -0.4 is 0 Å². The monoisotopic (exact) mass is 185 g/mol. The number of hydrogen-bond donors (Lipinski definition) is 0. The van der Waals surface area contributed by atoms with Gasteiger partial charge in [0.05, 0.1) is 0 Å². The molecule has 0 unspecified atom stereocenters. The zero-order valence-corrected chi connectivity index (χ0v) is 10.4. The Morgan fingerprint density at radius 1 is 1.08 bits per heavy atom. The van der Waals surface area contributed by atoms with E-state index in [1.165, 1.54) is 26.1 Å². The summed E-state index contributed by atoms with van der Waals surface area (Å²) in [5.74, 6) is 0.811. The molecule has 1 nitrogen and oxygen atoms in total. The van der Waals surface area contributed by atoms with E-state index in [-0.39, 0.29) is 0 Å². The van der Waals surface area contributed by atoms with Crippen molar-refractivity contribution in [1.82, 2.24) is 4.90 Å². The Hall–Kier alpha value is -0.0400. The maximum absolute atomic E-state index is 2.52. The molecule has 0 fully saturated rings. The second-order valence-electron chi connectivity index (χ2n) is 5.22. The molecule has 0 bridgehead atoms. The van der Waals surface area contributed by atoms with Crippen molar-refractivity contribution in [2.24, 2.45) is 11.3 Å². The lowest BCUT2D eigenvalue weighted by Crippen LogP contribution is -2.34. The second kappa shape index (κ2) is 5.64. The predicted molar refractivity (Wildman–Crippen MR) is 61.0 cm³/mol. The zero-order chi connectivity index (χ0) is 10.5.